The number of aryl methyl sites for hydroxylation is 1. The average molecular weight is 566 g/mol. The van der Waals surface area contributed by atoms with Crippen molar-refractivity contribution in [3.63, 3.8) is 0 Å². The van der Waals surface area contributed by atoms with E-state index < -0.39 is 10.0 Å². The van der Waals surface area contributed by atoms with Crippen LogP contribution in [0.3, 0.4) is 0 Å². The second-order valence-electron chi connectivity index (χ2n) is 8.48. The van der Waals surface area contributed by atoms with Crippen molar-refractivity contribution in [2.75, 3.05) is 25.2 Å². The van der Waals surface area contributed by atoms with Crippen molar-refractivity contribution in [1.29, 1.82) is 0 Å². The van der Waals surface area contributed by atoms with Crippen LogP contribution in [0, 0.1) is 12.8 Å². The van der Waals surface area contributed by atoms with Gasteiger partial charge in [0.05, 0.1) is 20.2 Å². The smallest absolute Gasteiger partial charge is 0.252 e. The van der Waals surface area contributed by atoms with Gasteiger partial charge in [-0.1, -0.05) is 22.9 Å². The molecule has 1 aromatic carbocycles. The lowest BCUT2D eigenvalue weighted by atomic mass is 9.97. The number of thiazole rings is 1. The summed E-state index contributed by atoms with van der Waals surface area (Å²) in [6.07, 6.45) is 0.841. The van der Waals surface area contributed by atoms with Crippen molar-refractivity contribution in [1.82, 2.24) is 19.1 Å². The number of anilines is 1. The molecule has 10 nitrogen and oxygen atoms in total. The minimum absolute atomic E-state index is 0.172. The number of ether oxygens (including phenoxy) is 2. The van der Waals surface area contributed by atoms with E-state index >= 15 is 0 Å². The van der Waals surface area contributed by atoms with E-state index in [1.165, 1.54) is 21.7 Å². The summed E-state index contributed by atoms with van der Waals surface area (Å²) in [6.45, 7) is 2.57. The lowest BCUT2D eigenvalue weighted by molar-refractivity contribution is -0.120. The van der Waals surface area contributed by atoms with Crippen LogP contribution < -0.4 is 14.8 Å². The number of halogens is 1. The van der Waals surface area contributed by atoms with E-state index in [-0.39, 0.29) is 35.9 Å². The molecule has 0 saturated carbocycles. The summed E-state index contributed by atoms with van der Waals surface area (Å²) >= 11 is 8.38. The third-order valence-electron chi connectivity index (χ3n) is 6.10. The molecule has 2 aliphatic heterocycles. The van der Waals surface area contributed by atoms with Gasteiger partial charge >= 0.3 is 0 Å². The number of hydrogen-bond donors (Lipinski definition) is 1. The Balaban J connectivity index is 1.17. The second-order valence-corrected chi connectivity index (χ2v) is 13.4. The van der Waals surface area contributed by atoms with Crippen LogP contribution in [0.1, 0.15) is 18.5 Å². The highest BCUT2D eigenvalue weighted by Crippen LogP contribution is 2.39. The zero-order valence-electron chi connectivity index (χ0n) is 18.9. The van der Waals surface area contributed by atoms with Gasteiger partial charge in [-0.25, -0.2) is 13.4 Å². The molecule has 2 aliphatic rings. The fourth-order valence-electron chi connectivity index (χ4n) is 4.28. The molecule has 0 bridgehead atoms. The van der Waals surface area contributed by atoms with Crippen molar-refractivity contribution in [3.8, 4) is 16.6 Å². The van der Waals surface area contributed by atoms with E-state index in [1.807, 2.05) is 19.1 Å². The molecule has 5 heterocycles. The topological polar surface area (TPSA) is 116 Å². The Kier molecular flexibility index (Phi) is 5.91. The van der Waals surface area contributed by atoms with Gasteiger partial charge in [-0.15, -0.1) is 11.3 Å². The first kappa shape index (κ1) is 23.7. The van der Waals surface area contributed by atoms with Crippen molar-refractivity contribution in [3.05, 3.63) is 40.4 Å². The summed E-state index contributed by atoms with van der Waals surface area (Å²) in [6, 6.07) is 8.60. The van der Waals surface area contributed by atoms with Gasteiger partial charge in [0, 0.05) is 37.2 Å². The highest BCUT2D eigenvalue weighted by Gasteiger charge is 2.33. The lowest BCUT2D eigenvalue weighted by Crippen LogP contribution is -2.41. The Morgan fingerprint density at radius 3 is 2.61 bits per heavy atom. The van der Waals surface area contributed by atoms with Crippen LogP contribution in [0.15, 0.2) is 34.5 Å². The lowest BCUT2D eigenvalue weighted by Gasteiger charge is -2.30. The second kappa shape index (κ2) is 8.99. The molecule has 4 aromatic rings. The number of benzene rings is 1. The van der Waals surface area contributed by atoms with Crippen molar-refractivity contribution in [2.24, 2.45) is 5.92 Å². The third kappa shape index (κ3) is 4.24. The number of aromatic nitrogens is 3. The largest absolute Gasteiger partial charge is 0.454 e. The number of rotatable bonds is 5. The van der Waals surface area contributed by atoms with Crippen molar-refractivity contribution < 1.29 is 22.7 Å². The maximum atomic E-state index is 13.1. The molecule has 0 atom stereocenters. The monoisotopic (exact) mass is 565 g/mol. The molecular weight excluding hydrogens is 546 g/mol. The maximum absolute atomic E-state index is 13.1. The van der Waals surface area contributed by atoms with Crippen LogP contribution in [0.5, 0.6) is 11.5 Å². The van der Waals surface area contributed by atoms with Gasteiger partial charge in [0.15, 0.2) is 11.5 Å². The van der Waals surface area contributed by atoms with Gasteiger partial charge in [-0.2, -0.15) is 14.1 Å². The van der Waals surface area contributed by atoms with Crippen LogP contribution >= 0.6 is 34.3 Å². The molecule has 36 heavy (non-hydrogen) atoms. The number of sulfonamides is 1. The Morgan fingerprint density at radius 2 is 1.89 bits per heavy atom. The number of hydrogen-bond acceptors (Lipinski definition) is 9. The minimum Gasteiger partial charge on any atom is -0.454 e. The number of nitrogens with zero attached hydrogens (tertiary/aromatic N) is 4. The first-order valence-electron chi connectivity index (χ1n) is 11.1. The summed E-state index contributed by atoms with van der Waals surface area (Å²) < 4.78 is 41.2. The summed E-state index contributed by atoms with van der Waals surface area (Å²) in [7, 11) is -3.61. The summed E-state index contributed by atoms with van der Waals surface area (Å²) in [5, 5.41) is 8.10. The van der Waals surface area contributed by atoms with Crippen LogP contribution in [0.4, 0.5) is 5.82 Å². The first-order chi connectivity index (χ1) is 17.3. The third-order valence-corrected chi connectivity index (χ3v) is 10.7. The van der Waals surface area contributed by atoms with E-state index in [2.05, 4.69) is 15.4 Å². The predicted molar refractivity (Wildman–Crippen MR) is 137 cm³/mol. The van der Waals surface area contributed by atoms with E-state index in [1.54, 1.807) is 16.8 Å². The number of nitrogens with one attached hydrogen (secondary N) is 1. The Morgan fingerprint density at radius 1 is 1.14 bits per heavy atom. The maximum Gasteiger partial charge on any atom is 0.252 e. The van der Waals surface area contributed by atoms with Crippen LogP contribution in [-0.2, 0) is 14.8 Å². The van der Waals surface area contributed by atoms with Gasteiger partial charge < -0.3 is 14.8 Å². The quantitative estimate of drug-likeness (QED) is 0.384. The van der Waals surface area contributed by atoms with Gasteiger partial charge in [-0.3, -0.25) is 4.79 Å². The van der Waals surface area contributed by atoms with E-state index in [4.69, 9.17) is 21.1 Å². The predicted octanol–water partition coefficient (Wildman–Crippen LogP) is 4.27. The number of carbonyl (C=O) groups is 1. The molecule has 0 spiro atoms. The summed E-state index contributed by atoms with van der Waals surface area (Å²) in [5.41, 5.74) is 1.49. The minimum atomic E-state index is -3.61. The zero-order valence-corrected chi connectivity index (χ0v) is 22.1. The first-order valence-corrected chi connectivity index (χ1v) is 14.6. The van der Waals surface area contributed by atoms with Gasteiger partial charge in [-0.05, 0) is 31.9 Å². The van der Waals surface area contributed by atoms with E-state index in [0.717, 1.165) is 27.2 Å². The Hall–Kier alpha value is -2.71. The van der Waals surface area contributed by atoms with E-state index in [9.17, 15) is 13.2 Å². The molecule has 14 heteroatoms. The van der Waals surface area contributed by atoms with E-state index in [0.29, 0.717) is 39.6 Å². The van der Waals surface area contributed by atoms with Crippen molar-refractivity contribution >= 4 is 66.2 Å². The van der Waals surface area contributed by atoms with Crippen LogP contribution in [0.25, 0.3) is 15.3 Å². The molecule has 6 rings (SSSR count). The van der Waals surface area contributed by atoms with Gasteiger partial charge in [0.25, 0.3) is 10.0 Å². The standard InChI is InChI=1S/C22H20ClN5O5S3/c1-12-8-19(28(26-12)22-24-14-9-15-16(33-11-32-15)10-17(14)34-22)25-21(29)13-4-6-27(7-5-13)36(30,31)20-3-2-18(23)35-20/h2-3,8-10,13H,4-7,11H2,1H3,(H,25,29). The molecule has 1 saturated heterocycles. The molecule has 3 aromatic heterocycles. The van der Waals surface area contributed by atoms with Gasteiger partial charge in [0.1, 0.15) is 10.0 Å². The zero-order chi connectivity index (χ0) is 25.0. The molecule has 0 radical (unpaired) electrons. The fraction of sp³-hybridized carbons (Fsp3) is 0.318. The number of fused-ring (bicyclic) bond motifs is 2. The molecular formula is C22H20ClN5O5S3. The highest BCUT2D eigenvalue weighted by molar-refractivity contribution is 7.91. The SMILES string of the molecule is Cc1cc(NC(=O)C2CCN(S(=O)(=O)c3ccc(Cl)s3)CC2)n(-c2nc3cc4c(cc3s2)OCO4)n1. The molecule has 188 valence electrons. The Bertz CT molecular complexity index is 1550. The normalized spacial score (nSPS) is 16.6. The summed E-state index contributed by atoms with van der Waals surface area (Å²) in [4.78, 5) is 17.8. The number of amides is 1. The number of carbonyl (C=O) groups excluding carboxylic acids is 1. The average Bonchev–Trinajstić information content (AvgIpc) is 3.64. The molecule has 0 unspecified atom stereocenters. The Labute approximate surface area is 219 Å². The highest BCUT2D eigenvalue weighted by atomic mass is 35.5. The molecule has 0 aliphatic carbocycles. The van der Waals surface area contributed by atoms with Crippen molar-refractivity contribution in [2.45, 2.75) is 24.0 Å². The van der Waals surface area contributed by atoms with Crippen LogP contribution in [0.2, 0.25) is 4.34 Å². The van der Waals surface area contributed by atoms with Gasteiger partial charge in [0.2, 0.25) is 17.8 Å². The summed E-state index contributed by atoms with van der Waals surface area (Å²) in [5.74, 6) is 1.35. The number of piperidine rings is 1. The molecule has 1 amide bonds. The molecule has 1 N–H and O–H groups in total. The van der Waals surface area contributed by atoms with Crippen LogP contribution in [-0.4, -0.2) is 53.3 Å². The number of thiophene rings is 1. The molecule has 1 fully saturated rings. The fourth-order valence-corrected chi connectivity index (χ4v) is 8.33.